The van der Waals surface area contributed by atoms with Gasteiger partial charge in [0.25, 0.3) is 0 Å². The number of thioether (sulfide) groups is 1. The Bertz CT molecular complexity index is 264. The summed E-state index contributed by atoms with van der Waals surface area (Å²) in [5.41, 5.74) is 1.21. The maximum absolute atomic E-state index is 8.64. The zero-order valence-corrected chi connectivity index (χ0v) is 9.89. The lowest BCUT2D eigenvalue weighted by atomic mass is 10.3. The molecule has 0 fully saturated rings. The fraction of sp³-hybridized carbons (Fsp3) is 0.545. The topological polar surface area (TPSA) is 45.1 Å². The van der Waals surface area contributed by atoms with E-state index in [2.05, 4.69) is 23.3 Å². The number of hydrogen-bond donors (Lipinski definition) is 2. The van der Waals surface area contributed by atoms with Crippen LogP contribution < -0.4 is 5.32 Å². The lowest BCUT2D eigenvalue weighted by Crippen LogP contribution is -2.11. The largest absolute Gasteiger partial charge is 0.396 e. The molecule has 0 radical (unpaired) electrons. The van der Waals surface area contributed by atoms with Gasteiger partial charge >= 0.3 is 0 Å². The molecule has 1 rings (SSSR count). The van der Waals surface area contributed by atoms with Gasteiger partial charge in [-0.3, -0.25) is 0 Å². The van der Waals surface area contributed by atoms with Crippen molar-refractivity contribution in [2.24, 2.45) is 0 Å². The highest BCUT2D eigenvalue weighted by Crippen LogP contribution is 2.15. The fourth-order valence-electron chi connectivity index (χ4n) is 1.11. The van der Waals surface area contributed by atoms with Gasteiger partial charge in [-0.1, -0.05) is 13.0 Å². The molecule has 0 spiro atoms. The summed E-state index contributed by atoms with van der Waals surface area (Å²) in [6.07, 6.45) is 2.73. The van der Waals surface area contributed by atoms with Crippen LogP contribution in [-0.4, -0.2) is 29.0 Å². The maximum atomic E-state index is 8.64. The van der Waals surface area contributed by atoms with Crippen LogP contribution in [0.4, 0.5) is 0 Å². The Hall–Kier alpha value is -0.580. The zero-order valence-electron chi connectivity index (χ0n) is 9.07. The third-order valence-corrected chi connectivity index (χ3v) is 2.96. The first kappa shape index (κ1) is 12.5. The van der Waals surface area contributed by atoms with Crippen LogP contribution in [0.5, 0.6) is 0 Å². The van der Waals surface area contributed by atoms with Crippen LogP contribution in [0.1, 0.15) is 18.9 Å². The van der Waals surface area contributed by atoms with Crippen molar-refractivity contribution in [2.75, 3.05) is 18.9 Å². The summed E-state index contributed by atoms with van der Waals surface area (Å²) in [4.78, 5) is 4.34. The van der Waals surface area contributed by atoms with Crippen LogP contribution in [-0.2, 0) is 6.54 Å². The number of pyridine rings is 1. The number of nitrogens with one attached hydrogen (secondary N) is 1. The van der Waals surface area contributed by atoms with E-state index in [9.17, 15) is 0 Å². The summed E-state index contributed by atoms with van der Waals surface area (Å²) < 4.78 is 0. The van der Waals surface area contributed by atoms with Crippen molar-refractivity contribution in [2.45, 2.75) is 24.9 Å². The number of hydrogen-bond acceptors (Lipinski definition) is 4. The molecule has 15 heavy (non-hydrogen) atoms. The van der Waals surface area contributed by atoms with E-state index in [-0.39, 0.29) is 6.61 Å². The van der Waals surface area contributed by atoms with Crippen molar-refractivity contribution in [1.82, 2.24) is 10.3 Å². The van der Waals surface area contributed by atoms with Gasteiger partial charge in [0.1, 0.15) is 0 Å². The standard InChI is InChI=1S/C11H18N2OS/c1-2-12-8-10-4-5-11(13-9-10)15-7-3-6-14/h4-5,9,12,14H,2-3,6-8H2,1H3. The van der Waals surface area contributed by atoms with Gasteiger partial charge in [0.2, 0.25) is 0 Å². The molecule has 84 valence electrons. The van der Waals surface area contributed by atoms with Crippen LogP contribution in [0.25, 0.3) is 0 Å². The van der Waals surface area contributed by atoms with E-state index in [1.165, 1.54) is 5.56 Å². The summed E-state index contributed by atoms with van der Waals surface area (Å²) >= 11 is 1.69. The summed E-state index contributed by atoms with van der Waals surface area (Å²) in [7, 11) is 0. The molecular formula is C11H18N2OS. The zero-order chi connectivity index (χ0) is 10.9. The highest BCUT2D eigenvalue weighted by Gasteiger charge is 1.96. The van der Waals surface area contributed by atoms with E-state index in [0.717, 1.165) is 30.3 Å². The van der Waals surface area contributed by atoms with Crippen molar-refractivity contribution < 1.29 is 5.11 Å². The Morgan fingerprint density at radius 3 is 2.93 bits per heavy atom. The van der Waals surface area contributed by atoms with Crippen molar-refractivity contribution in [1.29, 1.82) is 0 Å². The van der Waals surface area contributed by atoms with Crippen LogP contribution in [0.3, 0.4) is 0 Å². The third kappa shape index (κ3) is 5.16. The number of aliphatic hydroxyl groups is 1. The molecule has 0 aromatic carbocycles. The van der Waals surface area contributed by atoms with Crippen LogP contribution in [0.15, 0.2) is 23.4 Å². The molecule has 0 aliphatic heterocycles. The van der Waals surface area contributed by atoms with Crippen molar-refractivity contribution in [3.05, 3.63) is 23.9 Å². The maximum Gasteiger partial charge on any atom is 0.0960 e. The molecule has 1 aromatic rings. The van der Waals surface area contributed by atoms with Crippen LogP contribution >= 0.6 is 11.8 Å². The SMILES string of the molecule is CCNCc1ccc(SCCCO)nc1. The fourth-order valence-corrected chi connectivity index (χ4v) is 1.89. The Morgan fingerprint density at radius 1 is 1.47 bits per heavy atom. The van der Waals surface area contributed by atoms with Gasteiger partial charge in [-0.25, -0.2) is 4.98 Å². The summed E-state index contributed by atoms with van der Waals surface area (Å²) in [5.74, 6) is 0.927. The Morgan fingerprint density at radius 2 is 2.33 bits per heavy atom. The molecule has 0 atom stereocenters. The first-order valence-corrected chi connectivity index (χ1v) is 6.24. The lowest BCUT2D eigenvalue weighted by molar-refractivity contribution is 0.296. The Kier molecular flexibility index (Phi) is 6.39. The van der Waals surface area contributed by atoms with Crippen molar-refractivity contribution >= 4 is 11.8 Å². The molecule has 0 aliphatic rings. The smallest absolute Gasteiger partial charge is 0.0960 e. The van der Waals surface area contributed by atoms with Gasteiger partial charge in [0, 0.05) is 25.1 Å². The van der Waals surface area contributed by atoms with E-state index < -0.39 is 0 Å². The number of aromatic nitrogens is 1. The first-order valence-electron chi connectivity index (χ1n) is 5.26. The molecule has 2 N–H and O–H groups in total. The molecule has 1 aromatic heterocycles. The summed E-state index contributed by atoms with van der Waals surface area (Å²) in [6, 6.07) is 4.13. The van der Waals surface area contributed by atoms with E-state index in [4.69, 9.17) is 5.11 Å². The molecule has 0 unspecified atom stereocenters. The van der Waals surface area contributed by atoms with Gasteiger partial charge in [0.05, 0.1) is 5.03 Å². The van der Waals surface area contributed by atoms with E-state index in [1.807, 2.05) is 12.3 Å². The van der Waals surface area contributed by atoms with Gasteiger partial charge < -0.3 is 10.4 Å². The normalized spacial score (nSPS) is 10.5. The van der Waals surface area contributed by atoms with E-state index >= 15 is 0 Å². The molecular weight excluding hydrogens is 208 g/mol. The van der Waals surface area contributed by atoms with Crippen LogP contribution in [0, 0.1) is 0 Å². The summed E-state index contributed by atoms with van der Waals surface area (Å²) in [6.45, 7) is 4.20. The monoisotopic (exact) mass is 226 g/mol. The molecule has 0 bridgehead atoms. The van der Waals surface area contributed by atoms with Crippen molar-refractivity contribution in [3.63, 3.8) is 0 Å². The Labute approximate surface area is 95.3 Å². The molecule has 0 aliphatic carbocycles. The van der Waals surface area contributed by atoms with E-state index in [0.29, 0.717) is 0 Å². The lowest BCUT2D eigenvalue weighted by Gasteiger charge is -2.03. The highest BCUT2D eigenvalue weighted by molar-refractivity contribution is 7.99. The minimum atomic E-state index is 0.255. The minimum Gasteiger partial charge on any atom is -0.396 e. The minimum absolute atomic E-state index is 0.255. The average molecular weight is 226 g/mol. The molecule has 0 amide bonds. The number of aliphatic hydroxyl groups excluding tert-OH is 1. The van der Waals surface area contributed by atoms with Gasteiger partial charge in [-0.2, -0.15) is 0 Å². The molecule has 1 heterocycles. The number of rotatable bonds is 7. The van der Waals surface area contributed by atoms with E-state index in [1.54, 1.807) is 11.8 Å². The molecule has 0 saturated heterocycles. The third-order valence-electron chi connectivity index (χ3n) is 1.93. The predicted octanol–water partition coefficient (Wildman–Crippen LogP) is 1.67. The molecule has 0 saturated carbocycles. The quantitative estimate of drug-likeness (QED) is 0.548. The van der Waals surface area contributed by atoms with Crippen LogP contribution in [0.2, 0.25) is 0 Å². The second-order valence-electron chi connectivity index (χ2n) is 3.21. The summed E-state index contributed by atoms with van der Waals surface area (Å²) in [5, 5.41) is 12.9. The Balaban J connectivity index is 2.35. The average Bonchev–Trinajstić information content (AvgIpc) is 2.28. The second kappa shape index (κ2) is 7.68. The number of nitrogens with zero attached hydrogens (tertiary/aromatic N) is 1. The highest BCUT2D eigenvalue weighted by atomic mass is 32.2. The van der Waals surface area contributed by atoms with Gasteiger partial charge in [0.15, 0.2) is 0 Å². The van der Waals surface area contributed by atoms with Gasteiger partial charge in [-0.15, -0.1) is 11.8 Å². The molecule has 4 heteroatoms. The van der Waals surface area contributed by atoms with Crippen molar-refractivity contribution in [3.8, 4) is 0 Å². The predicted molar refractivity (Wildman–Crippen MR) is 64.0 cm³/mol. The second-order valence-corrected chi connectivity index (χ2v) is 4.33. The molecule has 3 nitrogen and oxygen atoms in total. The first-order chi connectivity index (χ1) is 7.36. The van der Waals surface area contributed by atoms with Gasteiger partial charge in [-0.05, 0) is 24.6 Å².